The van der Waals surface area contributed by atoms with Gasteiger partial charge in [0, 0.05) is 18.5 Å². The molecule has 0 bridgehead atoms. The third-order valence-corrected chi connectivity index (χ3v) is 5.19. The zero-order valence-electron chi connectivity index (χ0n) is 12.6. The van der Waals surface area contributed by atoms with Crippen LogP contribution in [0.5, 0.6) is 0 Å². The number of hydrogen-bond donors (Lipinski definition) is 2. The highest BCUT2D eigenvalue weighted by atomic mass is 16.1. The average Bonchev–Trinajstić information content (AvgIpc) is 2.43. The van der Waals surface area contributed by atoms with Crippen LogP contribution in [0.1, 0.15) is 65.2 Å². The van der Waals surface area contributed by atoms with Crippen LogP contribution in [-0.4, -0.2) is 24.5 Å². The second-order valence-electron chi connectivity index (χ2n) is 6.63. The molecule has 1 heterocycles. The molecule has 0 aromatic rings. The Morgan fingerprint density at radius 3 is 2.74 bits per heavy atom. The van der Waals surface area contributed by atoms with E-state index in [-0.39, 0.29) is 5.91 Å². The van der Waals surface area contributed by atoms with Crippen molar-refractivity contribution in [3.8, 4) is 0 Å². The first-order valence-electron chi connectivity index (χ1n) is 8.19. The number of carbonyl (C=O) groups excluding carboxylic acids is 1. The summed E-state index contributed by atoms with van der Waals surface area (Å²) in [6.07, 6.45) is 9.29. The highest BCUT2D eigenvalue weighted by molar-refractivity contribution is 5.76. The fourth-order valence-electron chi connectivity index (χ4n) is 3.54. The summed E-state index contributed by atoms with van der Waals surface area (Å²) in [6, 6.07) is 0.984. The monoisotopic (exact) mass is 266 g/mol. The van der Waals surface area contributed by atoms with Crippen molar-refractivity contribution < 1.29 is 4.79 Å². The molecule has 1 aliphatic carbocycles. The van der Waals surface area contributed by atoms with Crippen LogP contribution in [0.3, 0.4) is 0 Å². The van der Waals surface area contributed by atoms with Gasteiger partial charge in [-0.25, -0.2) is 0 Å². The van der Waals surface area contributed by atoms with E-state index in [1.807, 2.05) is 0 Å². The van der Waals surface area contributed by atoms with E-state index in [1.54, 1.807) is 0 Å². The number of hydrogen-bond acceptors (Lipinski definition) is 2. The second-order valence-corrected chi connectivity index (χ2v) is 6.63. The van der Waals surface area contributed by atoms with Crippen LogP contribution in [0.25, 0.3) is 0 Å². The first-order valence-corrected chi connectivity index (χ1v) is 8.19. The lowest BCUT2D eigenvalue weighted by molar-refractivity contribution is -0.122. The summed E-state index contributed by atoms with van der Waals surface area (Å²) in [5.41, 5.74) is 0. The van der Waals surface area contributed by atoms with Gasteiger partial charge >= 0.3 is 0 Å². The lowest BCUT2D eigenvalue weighted by Gasteiger charge is -2.34. The van der Waals surface area contributed by atoms with E-state index in [2.05, 4.69) is 24.5 Å². The molecule has 1 saturated carbocycles. The van der Waals surface area contributed by atoms with Crippen molar-refractivity contribution in [2.24, 2.45) is 11.8 Å². The maximum Gasteiger partial charge on any atom is 0.220 e. The molecule has 3 nitrogen and oxygen atoms in total. The normalized spacial score (nSPS) is 35.9. The minimum absolute atomic E-state index is 0.262. The molecule has 2 fully saturated rings. The quantitative estimate of drug-likeness (QED) is 0.821. The Kier molecular flexibility index (Phi) is 5.68. The summed E-state index contributed by atoms with van der Waals surface area (Å²) in [6.45, 7) is 5.73. The van der Waals surface area contributed by atoms with Gasteiger partial charge in [0.15, 0.2) is 0 Å². The highest BCUT2D eigenvalue weighted by Gasteiger charge is 2.28. The minimum atomic E-state index is 0.262. The molecule has 19 heavy (non-hydrogen) atoms. The predicted molar refractivity (Wildman–Crippen MR) is 79.0 cm³/mol. The Bertz CT molecular complexity index is 286. The number of rotatable bonds is 4. The smallest absolute Gasteiger partial charge is 0.220 e. The molecule has 1 aliphatic heterocycles. The number of carbonyl (C=O) groups is 1. The van der Waals surface area contributed by atoms with Crippen molar-refractivity contribution in [3.63, 3.8) is 0 Å². The lowest BCUT2D eigenvalue weighted by Crippen LogP contribution is -2.44. The molecular formula is C16H30N2O. The van der Waals surface area contributed by atoms with E-state index < -0.39 is 0 Å². The fourth-order valence-corrected chi connectivity index (χ4v) is 3.54. The Labute approximate surface area is 117 Å². The Balaban J connectivity index is 1.68. The van der Waals surface area contributed by atoms with Crippen LogP contribution in [0.2, 0.25) is 0 Å². The summed E-state index contributed by atoms with van der Waals surface area (Å²) < 4.78 is 0. The molecule has 0 aromatic carbocycles. The van der Waals surface area contributed by atoms with Crippen LogP contribution >= 0.6 is 0 Å². The minimum Gasteiger partial charge on any atom is -0.353 e. The van der Waals surface area contributed by atoms with Crippen molar-refractivity contribution in [3.05, 3.63) is 0 Å². The van der Waals surface area contributed by atoms with Crippen LogP contribution in [0.4, 0.5) is 0 Å². The summed E-state index contributed by atoms with van der Waals surface area (Å²) >= 11 is 0. The van der Waals surface area contributed by atoms with Gasteiger partial charge in [-0.1, -0.05) is 33.1 Å². The molecule has 0 aromatic heterocycles. The maximum absolute atomic E-state index is 12.1. The van der Waals surface area contributed by atoms with E-state index in [1.165, 1.54) is 38.5 Å². The fraction of sp³-hybridized carbons (Fsp3) is 0.938. The van der Waals surface area contributed by atoms with Crippen molar-refractivity contribution >= 4 is 5.91 Å². The van der Waals surface area contributed by atoms with Gasteiger partial charge in [-0.2, -0.15) is 0 Å². The third kappa shape index (κ3) is 4.48. The molecule has 2 rings (SSSR count). The van der Waals surface area contributed by atoms with E-state index in [4.69, 9.17) is 0 Å². The van der Waals surface area contributed by atoms with Gasteiger partial charge in [0.1, 0.15) is 0 Å². The largest absolute Gasteiger partial charge is 0.353 e. The molecule has 4 atom stereocenters. The molecule has 4 unspecified atom stereocenters. The Morgan fingerprint density at radius 2 is 2.00 bits per heavy atom. The lowest BCUT2D eigenvalue weighted by atomic mass is 9.78. The number of nitrogens with one attached hydrogen (secondary N) is 2. The molecule has 110 valence electrons. The average molecular weight is 266 g/mol. The SMILES string of the molecule is CC1CCCC(NC(=O)CCC2CCCCN2)C1C. The van der Waals surface area contributed by atoms with E-state index in [0.29, 0.717) is 24.4 Å². The first kappa shape index (κ1) is 14.8. The maximum atomic E-state index is 12.1. The van der Waals surface area contributed by atoms with Crippen molar-refractivity contribution in [1.29, 1.82) is 0 Å². The Morgan fingerprint density at radius 1 is 1.16 bits per heavy atom. The van der Waals surface area contributed by atoms with E-state index in [0.717, 1.165) is 18.9 Å². The van der Waals surface area contributed by atoms with Gasteiger partial charge in [0.05, 0.1) is 0 Å². The molecule has 1 saturated heterocycles. The highest BCUT2D eigenvalue weighted by Crippen LogP contribution is 2.29. The van der Waals surface area contributed by atoms with Gasteiger partial charge in [-0.15, -0.1) is 0 Å². The van der Waals surface area contributed by atoms with E-state index in [9.17, 15) is 4.79 Å². The molecular weight excluding hydrogens is 236 g/mol. The van der Waals surface area contributed by atoms with Crippen LogP contribution < -0.4 is 10.6 Å². The zero-order valence-corrected chi connectivity index (χ0v) is 12.6. The summed E-state index contributed by atoms with van der Waals surface area (Å²) in [4.78, 5) is 12.1. The molecule has 0 spiro atoms. The second kappa shape index (κ2) is 7.28. The molecule has 3 heteroatoms. The van der Waals surface area contributed by atoms with Crippen LogP contribution in [-0.2, 0) is 4.79 Å². The third-order valence-electron chi connectivity index (χ3n) is 5.19. The van der Waals surface area contributed by atoms with Crippen molar-refractivity contribution in [2.45, 2.75) is 77.3 Å². The molecule has 1 amide bonds. The van der Waals surface area contributed by atoms with Crippen LogP contribution in [0.15, 0.2) is 0 Å². The van der Waals surface area contributed by atoms with Gasteiger partial charge in [0.25, 0.3) is 0 Å². The predicted octanol–water partition coefficient (Wildman–Crippen LogP) is 2.85. The van der Waals surface area contributed by atoms with Crippen LogP contribution in [0, 0.1) is 11.8 Å². The standard InChI is InChI=1S/C16H30N2O/c1-12-6-5-8-15(13(12)2)18-16(19)10-9-14-7-3-4-11-17-14/h12-15,17H,3-11H2,1-2H3,(H,18,19). The van der Waals surface area contributed by atoms with E-state index >= 15 is 0 Å². The summed E-state index contributed by atoms with van der Waals surface area (Å²) in [5, 5.41) is 6.79. The van der Waals surface area contributed by atoms with Gasteiger partial charge in [-0.3, -0.25) is 4.79 Å². The molecule has 2 N–H and O–H groups in total. The first-order chi connectivity index (χ1) is 9.16. The Hall–Kier alpha value is -0.570. The van der Waals surface area contributed by atoms with Crippen molar-refractivity contribution in [1.82, 2.24) is 10.6 Å². The summed E-state index contributed by atoms with van der Waals surface area (Å²) in [7, 11) is 0. The number of piperidine rings is 1. The molecule has 2 aliphatic rings. The topological polar surface area (TPSA) is 41.1 Å². The van der Waals surface area contributed by atoms with Gasteiger partial charge < -0.3 is 10.6 Å². The number of amides is 1. The van der Waals surface area contributed by atoms with Gasteiger partial charge in [0.2, 0.25) is 5.91 Å². The molecule has 0 radical (unpaired) electrons. The van der Waals surface area contributed by atoms with Gasteiger partial charge in [-0.05, 0) is 44.1 Å². The van der Waals surface area contributed by atoms with Crippen molar-refractivity contribution in [2.75, 3.05) is 6.54 Å². The zero-order chi connectivity index (χ0) is 13.7. The summed E-state index contributed by atoms with van der Waals surface area (Å²) in [5.74, 6) is 1.64.